The van der Waals surface area contributed by atoms with Gasteiger partial charge in [0.2, 0.25) is 0 Å². The Bertz CT molecular complexity index is 557. The normalized spacial score (nSPS) is 10.4. The molecule has 0 saturated carbocycles. The van der Waals surface area contributed by atoms with Gasteiger partial charge < -0.3 is 5.32 Å². The van der Waals surface area contributed by atoms with Crippen LogP contribution in [-0.2, 0) is 0 Å². The number of anilines is 1. The van der Waals surface area contributed by atoms with Crippen molar-refractivity contribution in [3.63, 3.8) is 0 Å². The van der Waals surface area contributed by atoms with E-state index >= 15 is 0 Å². The van der Waals surface area contributed by atoms with Crippen molar-refractivity contribution in [3.8, 4) is 11.4 Å². The summed E-state index contributed by atoms with van der Waals surface area (Å²) < 4.78 is 14.2. The first-order valence-corrected chi connectivity index (χ1v) is 6.78. The smallest absolute Gasteiger partial charge is 0.161 e. The van der Waals surface area contributed by atoms with Gasteiger partial charge in [0.1, 0.15) is 11.6 Å². The summed E-state index contributed by atoms with van der Waals surface area (Å²) in [6, 6.07) is 4.26. The van der Waals surface area contributed by atoms with Crippen LogP contribution in [0.2, 0.25) is 5.02 Å². The van der Waals surface area contributed by atoms with Crippen molar-refractivity contribution in [1.29, 1.82) is 0 Å². The molecule has 0 bridgehead atoms. The molecule has 2 rings (SSSR count). The fourth-order valence-corrected chi connectivity index (χ4v) is 2.15. The van der Waals surface area contributed by atoms with E-state index in [-0.39, 0.29) is 0 Å². The summed E-state index contributed by atoms with van der Waals surface area (Å²) >= 11 is 7.97. The van der Waals surface area contributed by atoms with Crippen molar-refractivity contribution in [2.75, 3.05) is 11.9 Å². The highest BCUT2D eigenvalue weighted by molar-refractivity contribution is 14.1. The zero-order valence-corrected chi connectivity index (χ0v) is 12.5. The first-order chi connectivity index (χ1) is 8.60. The van der Waals surface area contributed by atoms with Gasteiger partial charge in [0, 0.05) is 23.3 Å². The summed E-state index contributed by atoms with van der Waals surface area (Å²) in [5, 5.41) is 3.46. The maximum absolute atomic E-state index is 13.3. The number of hydrogen-bond acceptors (Lipinski definition) is 3. The maximum Gasteiger partial charge on any atom is 0.161 e. The molecule has 1 aromatic carbocycles. The van der Waals surface area contributed by atoms with Crippen LogP contribution >= 0.6 is 34.2 Å². The highest BCUT2D eigenvalue weighted by atomic mass is 127. The van der Waals surface area contributed by atoms with E-state index in [4.69, 9.17) is 11.6 Å². The van der Waals surface area contributed by atoms with Crippen LogP contribution in [0.3, 0.4) is 0 Å². The van der Waals surface area contributed by atoms with Gasteiger partial charge >= 0.3 is 0 Å². The molecule has 1 aromatic heterocycles. The fraction of sp³-hybridized carbons (Fsp3) is 0.167. The number of nitrogens with zero attached hydrogens (tertiary/aromatic N) is 2. The van der Waals surface area contributed by atoms with Crippen molar-refractivity contribution in [2.45, 2.75) is 6.92 Å². The minimum Gasteiger partial charge on any atom is -0.369 e. The second-order valence-electron chi connectivity index (χ2n) is 3.58. The van der Waals surface area contributed by atoms with Crippen LogP contribution < -0.4 is 5.32 Å². The van der Waals surface area contributed by atoms with E-state index in [2.05, 4.69) is 37.9 Å². The highest BCUT2D eigenvalue weighted by Gasteiger charge is 2.08. The van der Waals surface area contributed by atoms with Gasteiger partial charge in [-0.3, -0.25) is 0 Å². The Hall–Kier alpha value is -0.950. The molecule has 0 fully saturated rings. The van der Waals surface area contributed by atoms with Crippen molar-refractivity contribution >= 4 is 40.0 Å². The van der Waals surface area contributed by atoms with Crippen LogP contribution in [0.25, 0.3) is 11.4 Å². The lowest BCUT2D eigenvalue weighted by Crippen LogP contribution is -2.03. The van der Waals surface area contributed by atoms with Crippen LogP contribution in [-0.4, -0.2) is 16.5 Å². The minimum absolute atomic E-state index is 0.331. The molecule has 0 atom stereocenters. The average molecular weight is 378 g/mol. The molecule has 94 valence electrons. The molecule has 0 aliphatic rings. The third-order valence-corrected chi connectivity index (χ3v) is 3.22. The Morgan fingerprint density at radius 3 is 2.83 bits per heavy atom. The maximum atomic E-state index is 13.3. The summed E-state index contributed by atoms with van der Waals surface area (Å²) in [5.74, 6) is 0.793. The average Bonchev–Trinajstić information content (AvgIpc) is 2.31. The molecular formula is C12H10ClFIN3. The monoisotopic (exact) mass is 377 g/mol. The Kier molecular flexibility index (Phi) is 4.34. The van der Waals surface area contributed by atoms with Gasteiger partial charge in [-0.1, -0.05) is 11.6 Å². The van der Waals surface area contributed by atoms with E-state index in [1.807, 2.05) is 6.92 Å². The van der Waals surface area contributed by atoms with Crippen LogP contribution in [0, 0.1) is 9.39 Å². The number of halogens is 3. The van der Waals surface area contributed by atoms with E-state index in [1.54, 1.807) is 12.3 Å². The van der Waals surface area contributed by atoms with Gasteiger partial charge in [-0.2, -0.15) is 0 Å². The lowest BCUT2D eigenvalue weighted by Gasteiger charge is -2.07. The summed E-state index contributed by atoms with van der Waals surface area (Å²) in [6.07, 6.45) is 1.69. The van der Waals surface area contributed by atoms with Gasteiger partial charge in [0.05, 0.1) is 3.57 Å². The van der Waals surface area contributed by atoms with Crippen LogP contribution in [0.4, 0.5) is 10.2 Å². The second-order valence-corrected chi connectivity index (χ2v) is 5.18. The lowest BCUT2D eigenvalue weighted by atomic mass is 10.2. The van der Waals surface area contributed by atoms with Crippen LogP contribution in [0.15, 0.2) is 24.4 Å². The molecule has 18 heavy (non-hydrogen) atoms. The van der Waals surface area contributed by atoms with Gasteiger partial charge in [0.25, 0.3) is 0 Å². The predicted molar refractivity (Wildman–Crippen MR) is 79.3 cm³/mol. The third kappa shape index (κ3) is 3.08. The molecule has 1 N–H and O–H groups in total. The van der Waals surface area contributed by atoms with E-state index in [9.17, 15) is 4.39 Å². The third-order valence-electron chi connectivity index (χ3n) is 2.21. The minimum atomic E-state index is -0.398. The van der Waals surface area contributed by atoms with Gasteiger partial charge in [-0.05, 0) is 47.7 Å². The van der Waals surface area contributed by atoms with Gasteiger partial charge in [-0.15, -0.1) is 0 Å². The van der Waals surface area contributed by atoms with Crippen molar-refractivity contribution in [3.05, 3.63) is 38.8 Å². The number of rotatable bonds is 3. The summed E-state index contributed by atoms with van der Waals surface area (Å²) in [4.78, 5) is 8.55. The molecular weight excluding hydrogens is 368 g/mol. The lowest BCUT2D eigenvalue weighted by molar-refractivity contribution is 0.628. The van der Waals surface area contributed by atoms with Gasteiger partial charge in [0.15, 0.2) is 5.82 Å². The fourth-order valence-electron chi connectivity index (χ4n) is 1.48. The molecule has 0 aliphatic carbocycles. The van der Waals surface area contributed by atoms with Crippen molar-refractivity contribution in [2.24, 2.45) is 0 Å². The molecule has 0 amide bonds. The van der Waals surface area contributed by atoms with Crippen LogP contribution in [0.5, 0.6) is 0 Å². The Labute approximate surface area is 123 Å². The van der Waals surface area contributed by atoms with E-state index < -0.39 is 5.82 Å². The summed E-state index contributed by atoms with van der Waals surface area (Å²) in [6.45, 7) is 2.74. The number of nitrogens with one attached hydrogen (secondary N) is 1. The SMILES string of the molecule is CCNc1nc(-c2cc(F)cc(Cl)c2)ncc1I. The number of hydrogen-bond donors (Lipinski definition) is 1. The van der Waals surface area contributed by atoms with E-state index in [0.717, 1.165) is 15.9 Å². The summed E-state index contributed by atoms with van der Waals surface area (Å²) in [5.41, 5.74) is 0.565. The van der Waals surface area contributed by atoms with Crippen LogP contribution in [0.1, 0.15) is 6.92 Å². The van der Waals surface area contributed by atoms with Crippen molar-refractivity contribution < 1.29 is 4.39 Å². The quantitative estimate of drug-likeness (QED) is 0.823. The number of benzene rings is 1. The molecule has 6 heteroatoms. The molecule has 2 aromatic rings. The molecule has 1 heterocycles. The highest BCUT2D eigenvalue weighted by Crippen LogP contribution is 2.24. The Morgan fingerprint density at radius 1 is 1.39 bits per heavy atom. The van der Waals surface area contributed by atoms with Crippen molar-refractivity contribution in [1.82, 2.24) is 9.97 Å². The topological polar surface area (TPSA) is 37.8 Å². The molecule has 0 unspecified atom stereocenters. The molecule has 0 radical (unpaired) electrons. The zero-order valence-electron chi connectivity index (χ0n) is 9.54. The predicted octanol–water partition coefficient (Wildman–Crippen LogP) is 3.97. The molecule has 0 saturated heterocycles. The second kappa shape index (κ2) is 5.79. The molecule has 3 nitrogen and oxygen atoms in total. The van der Waals surface area contributed by atoms with Gasteiger partial charge in [-0.25, -0.2) is 14.4 Å². The van der Waals surface area contributed by atoms with E-state index in [0.29, 0.717) is 16.4 Å². The first kappa shape index (κ1) is 13.5. The molecule has 0 spiro atoms. The summed E-state index contributed by atoms with van der Waals surface area (Å²) in [7, 11) is 0. The Morgan fingerprint density at radius 2 is 2.17 bits per heavy atom. The standard InChI is InChI=1S/C12H10ClFIN3/c1-2-16-12-10(15)6-17-11(18-12)7-3-8(13)5-9(14)4-7/h3-6H,2H2,1H3,(H,16,17,18). The van der Waals surface area contributed by atoms with E-state index in [1.165, 1.54) is 12.1 Å². The zero-order chi connectivity index (χ0) is 13.1. The Balaban J connectivity index is 2.47. The number of aromatic nitrogens is 2. The largest absolute Gasteiger partial charge is 0.369 e. The molecule has 0 aliphatic heterocycles. The first-order valence-electron chi connectivity index (χ1n) is 5.33.